The molecular formula is C4H3NO4. The zero-order chi connectivity index (χ0) is 6.85. The average Bonchev–Trinajstić information content (AvgIpc) is 2.13. The van der Waals surface area contributed by atoms with Gasteiger partial charge >= 0.3 is 6.09 Å². The van der Waals surface area contributed by atoms with Gasteiger partial charge in [0.15, 0.2) is 0 Å². The molecule has 0 atom stereocenters. The largest absolute Gasteiger partial charge is 0.462 e. The fourth-order valence-corrected chi connectivity index (χ4v) is 0.408. The van der Waals surface area contributed by atoms with Crippen LogP contribution in [0.25, 0.3) is 0 Å². The number of carboxylic acid groups (broad SMARTS) is 1. The molecule has 0 radical (unpaired) electrons. The minimum atomic E-state index is -1.41. The molecule has 0 bridgehead atoms. The van der Waals surface area contributed by atoms with Crippen LogP contribution in [-0.4, -0.2) is 15.9 Å². The van der Waals surface area contributed by atoms with Crippen molar-refractivity contribution in [2.75, 3.05) is 0 Å². The highest BCUT2D eigenvalue weighted by Crippen LogP contribution is 1.78. The summed E-state index contributed by atoms with van der Waals surface area (Å²) in [6, 6.07) is 1.02. The van der Waals surface area contributed by atoms with Crippen molar-refractivity contribution < 1.29 is 14.4 Å². The van der Waals surface area contributed by atoms with E-state index in [9.17, 15) is 9.59 Å². The summed E-state index contributed by atoms with van der Waals surface area (Å²) in [5, 5.41) is 8.12. The number of nitrogens with zero attached hydrogens (tertiary/aromatic N) is 1. The Bertz CT molecular complexity index is 270. The van der Waals surface area contributed by atoms with Gasteiger partial charge in [-0.2, -0.15) is 0 Å². The molecule has 0 aliphatic heterocycles. The lowest BCUT2D eigenvalue weighted by Crippen LogP contribution is -2.19. The van der Waals surface area contributed by atoms with Gasteiger partial charge in [0.1, 0.15) is 6.26 Å². The highest BCUT2D eigenvalue weighted by Gasteiger charge is 2.04. The first-order chi connectivity index (χ1) is 4.22. The first-order valence-corrected chi connectivity index (χ1v) is 2.12. The van der Waals surface area contributed by atoms with Crippen LogP contribution in [0.5, 0.6) is 0 Å². The fraction of sp³-hybridized carbons (Fsp3) is 0. The van der Waals surface area contributed by atoms with E-state index in [1.165, 1.54) is 0 Å². The summed E-state index contributed by atoms with van der Waals surface area (Å²) in [5.41, 5.74) is -0.678. The molecule has 0 amide bonds. The van der Waals surface area contributed by atoms with Crippen LogP contribution < -0.4 is 5.56 Å². The summed E-state index contributed by atoms with van der Waals surface area (Å²) in [6.45, 7) is 0. The van der Waals surface area contributed by atoms with E-state index in [2.05, 4.69) is 4.52 Å². The van der Waals surface area contributed by atoms with Gasteiger partial charge in [-0.15, -0.1) is 0 Å². The van der Waals surface area contributed by atoms with Gasteiger partial charge in [0.05, 0.1) is 0 Å². The predicted octanol–water partition coefficient (Wildman–Crippen LogP) is -0.0326. The molecule has 0 unspecified atom stereocenters. The molecule has 0 aliphatic rings. The fourth-order valence-electron chi connectivity index (χ4n) is 0.408. The molecule has 0 aliphatic carbocycles. The Balaban J connectivity index is 3.24. The van der Waals surface area contributed by atoms with Crippen molar-refractivity contribution in [3.8, 4) is 0 Å². The summed E-state index contributed by atoms with van der Waals surface area (Å²) in [6.07, 6.45) is -0.402. The predicted molar refractivity (Wildman–Crippen MR) is 26.4 cm³/mol. The Morgan fingerprint density at radius 1 is 1.78 bits per heavy atom. The third-order valence-corrected chi connectivity index (χ3v) is 0.751. The summed E-state index contributed by atoms with van der Waals surface area (Å²) < 4.78 is 4.47. The molecule has 48 valence electrons. The Kier molecular flexibility index (Phi) is 1.11. The zero-order valence-electron chi connectivity index (χ0n) is 4.27. The Morgan fingerprint density at radius 3 is 2.67 bits per heavy atom. The van der Waals surface area contributed by atoms with Crippen molar-refractivity contribution in [1.82, 2.24) is 4.74 Å². The van der Waals surface area contributed by atoms with Crippen molar-refractivity contribution in [2.45, 2.75) is 0 Å². The summed E-state index contributed by atoms with van der Waals surface area (Å²) in [5.74, 6) is 0. The number of rotatable bonds is 0. The number of hydrogen-bond donors (Lipinski definition) is 1. The molecule has 9 heavy (non-hydrogen) atoms. The third kappa shape index (κ3) is 0.835. The molecule has 5 nitrogen and oxygen atoms in total. The number of hydrogen-bond acceptors (Lipinski definition) is 3. The summed E-state index contributed by atoms with van der Waals surface area (Å²) in [4.78, 5) is 20.3. The van der Waals surface area contributed by atoms with Gasteiger partial charge in [-0.3, -0.25) is 4.79 Å². The highest BCUT2D eigenvalue weighted by molar-refractivity contribution is 5.65. The second-order valence-corrected chi connectivity index (χ2v) is 1.32. The topological polar surface area (TPSA) is 72.4 Å². The number of carbonyl (C=O) groups is 1. The van der Waals surface area contributed by atoms with Crippen LogP contribution in [-0.2, 0) is 0 Å². The minimum Gasteiger partial charge on any atom is -0.462 e. The van der Waals surface area contributed by atoms with Crippen molar-refractivity contribution in [3.05, 3.63) is 22.7 Å². The van der Waals surface area contributed by atoms with E-state index in [-0.39, 0.29) is 4.74 Å². The van der Waals surface area contributed by atoms with Crippen LogP contribution in [0.2, 0.25) is 0 Å². The van der Waals surface area contributed by atoms with E-state index < -0.39 is 11.7 Å². The molecule has 1 aromatic rings. The Hall–Kier alpha value is -1.52. The van der Waals surface area contributed by atoms with Crippen LogP contribution in [0.3, 0.4) is 0 Å². The van der Waals surface area contributed by atoms with E-state index in [1.807, 2.05) is 0 Å². The van der Waals surface area contributed by atoms with E-state index in [0.29, 0.717) is 0 Å². The maximum absolute atomic E-state index is 10.3. The third-order valence-electron chi connectivity index (χ3n) is 0.751. The molecule has 5 heteroatoms. The minimum absolute atomic E-state index is 0.236. The standard InChI is InChI=1S/C4H3NO4/c6-3-1-2-9-5(3)4(7)8/h1-2H,(H,7,8). The van der Waals surface area contributed by atoms with Gasteiger partial charge in [-0.25, -0.2) is 4.79 Å². The Morgan fingerprint density at radius 2 is 2.44 bits per heavy atom. The zero-order valence-corrected chi connectivity index (χ0v) is 4.27. The van der Waals surface area contributed by atoms with Gasteiger partial charge < -0.3 is 9.63 Å². The van der Waals surface area contributed by atoms with Gasteiger partial charge in [-0.05, 0) is 0 Å². The number of aromatic nitrogens is 1. The molecule has 1 heterocycles. The van der Waals surface area contributed by atoms with Gasteiger partial charge in [0, 0.05) is 6.07 Å². The molecular weight excluding hydrogens is 126 g/mol. The second-order valence-electron chi connectivity index (χ2n) is 1.32. The lowest BCUT2D eigenvalue weighted by Gasteiger charge is -1.84. The van der Waals surface area contributed by atoms with Crippen molar-refractivity contribution in [2.24, 2.45) is 0 Å². The summed E-state index contributed by atoms with van der Waals surface area (Å²) >= 11 is 0. The maximum atomic E-state index is 10.3. The van der Waals surface area contributed by atoms with Gasteiger partial charge in [-0.1, -0.05) is 4.74 Å². The SMILES string of the molecule is O=C(O)n1occc1=O. The van der Waals surface area contributed by atoms with Crippen LogP contribution in [0.4, 0.5) is 4.79 Å². The van der Waals surface area contributed by atoms with Crippen molar-refractivity contribution in [1.29, 1.82) is 0 Å². The van der Waals surface area contributed by atoms with Gasteiger partial charge in [0.2, 0.25) is 0 Å². The molecule has 1 N–H and O–H groups in total. The highest BCUT2D eigenvalue weighted by atomic mass is 16.5. The van der Waals surface area contributed by atoms with E-state index in [4.69, 9.17) is 5.11 Å². The lowest BCUT2D eigenvalue weighted by atomic mass is 10.7. The lowest BCUT2D eigenvalue weighted by molar-refractivity contribution is 0.161. The molecule has 0 aromatic carbocycles. The molecule has 0 fully saturated rings. The normalized spacial score (nSPS) is 9.33. The Labute approximate surface area is 49.1 Å². The van der Waals surface area contributed by atoms with E-state index in [0.717, 1.165) is 12.3 Å². The monoisotopic (exact) mass is 129 g/mol. The molecule has 0 saturated heterocycles. The quantitative estimate of drug-likeness (QED) is 0.533. The van der Waals surface area contributed by atoms with Crippen molar-refractivity contribution >= 4 is 6.09 Å². The first kappa shape index (κ1) is 5.61. The van der Waals surface area contributed by atoms with Crippen LogP contribution >= 0.6 is 0 Å². The van der Waals surface area contributed by atoms with Crippen LogP contribution in [0, 0.1) is 0 Å². The summed E-state index contributed by atoms with van der Waals surface area (Å²) in [7, 11) is 0. The van der Waals surface area contributed by atoms with Crippen LogP contribution in [0.15, 0.2) is 21.6 Å². The van der Waals surface area contributed by atoms with Crippen LogP contribution in [0.1, 0.15) is 0 Å². The maximum Gasteiger partial charge on any atom is 0.448 e. The van der Waals surface area contributed by atoms with Crippen molar-refractivity contribution in [3.63, 3.8) is 0 Å². The molecule has 1 aromatic heterocycles. The van der Waals surface area contributed by atoms with E-state index in [1.54, 1.807) is 0 Å². The molecule has 0 spiro atoms. The molecule has 1 rings (SSSR count). The van der Waals surface area contributed by atoms with Gasteiger partial charge in [0.25, 0.3) is 5.56 Å². The second kappa shape index (κ2) is 1.77. The first-order valence-electron chi connectivity index (χ1n) is 2.12. The smallest absolute Gasteiger partial charge is 0.448 e. The molecule has 0 saturated carbocycles. The van der Waals surface area contributed by atoms with E-state index >= 15 is 0 Å². The average molecular weight is 129 g/mol.